The first-order valence-corrected chi connectivity index (χ1v) is 9.89. The van der Waals surface area contributed by atoms with Crippen LogP contribution in [0, 0.1) is 0 Å². The van der Waals surface area contributed by atoms with Crippen LogP contribution in [0.4, 0.5) is 0 Å². The fourth-order valence-corrected chi connectivity index (χ4v) is 3.82. The smallest absolute Gasteiger partial charge is 0.233 e. The van der Waals surface area contributed by atoms with E-state index in [1.54, 1.807) is 42.5 Å². The van der Waals surface area contributed by atoms with Crippen LogP contribution in [0.15, 0.2) is 80.1 Å². The van der Waals surface area contributed by atoms with Crippen LogP contribution in [0.25, 0.3) is 0 Å². The fraction of sp³-hybridized carbons (Fsp3) is 0. The van der Waals surface area contributed by atoms with Gasteiger partial charge >= 0.3 is 0 Å². The molecule has 0 aromatic heterocycles. The number of Topliss-reactive ketones (excluding diaryl/α,β-unsaturated/α-hetero) is 2. The molecule has 0 radical (unpaired) electrons. The molecular weight excluding hydrogens is 528 g/mol. The van der Waals surface area contributed by atoms with E-state index in [1.807, 2.05) is 24.3 Å². The van der Waals surface area contributed by atoms with Gasteiger partial charge in [0.25, 0.3) is 0 Å². The zero-order chi connectivity index (χ0) is 18.7. The minimum Gasteiger partial charge on any atom is -0.457 e. The maximum atomic E-state index is 12.4. The van der Waals surface area contributed by atoms with E-state index in [9.17, 15) is 9.59 Å². The van der Waals surface area contributed by atoms with Gasteiger partial charge in [-0.1, -0.05) is 47.8 Å². The number of rotatable bonds is 5. The Labute approximate surface area is 175 Å². The van der Waals surface area contributed by atoms with Crippen LogP contribution >= 0.6 is 47.8 Å². The number of carbonyl (C=O) groups excluding carboxylic acids is 2. The van der Waals surface area contributed by atoms with E-state index < -0.39 is 11.6 Å². The summed E-state index contributed by atoms with van der Waals surface area (Å²) in [4.78, 5) is 24.9. The van der Waals surface area contributed by atoms with Gasteiger partial charge < -0.3 is 4.74 Å². The normalized spacial score (nSPS) is 10.4. The number of hydrogen-bond donors (Lipinski definition) is 0. The molecular formula is C20H11Br3O3. The Morgan fingerprint density at radius 3 is 1.58 bits per heavy atom. The molecule has 0 spiro atoms. The first kappa shape index (κ1) is 19.0. The van der Waals surface area contributed by atoms with Crippen molar-refractivity contribution < 1.29 is 14.3 Å². The topological polar surface area (TPSA) is 43.4 Å². The van der Waals surface area contributed by atoms with E-state index in [4.69, 9.17) is 4.74 Å². The molecule has 0 aliphatic rings. The number of ketones is 2. The van der Waals surface area contributed by atoms with Crippen LogP contribution in [0.3, 0.4) is 0 Å². The van der Waals surface area contributed by atoms with Gasteiger partial charge in [-0.25, -0.2) is 0 Å². The molecule has 26 heavy (non-hydrogen) atoms. The second-order valence-corrected chi connectivity index (χ2v) is 8.14. The molecule has 0 heterocycles. The monoisotopic (exact) mass is 536 g/mol. The van der Waals surface area contributed by atoms with Crippen LogP contribution in [0.5, 0.6) is 11.5 Å². The lowest BCUT2D eigenvalue weighted by Crippen LogP contribution is -2.14. The van der Waals surface area contributed by atoms with Crippen molar-refractivity contribution in [2.45, 2.75) is 0 Å². The zero-order valence-electron chi connectivity index (χ0n) is 13.2. The summed E-state index contributed by atoms with van der Waals surface area (Å²) in [5.41, 5.74) is 0.640. The van der Waals surface area contributed by atoms with E-state index in [0.29, 0.717) is 22.6 Å². The first-order valence-electron chi connectivity index (χ1n) is 7.51. The van der Waals surface area contributed by atoms with Crippen LogP contribution < -0.4 is 4.74 Å². The van der Waals surface area contributed by atoms with Gasteiger partial charge in [-0.15, -0.1) is 0 Å². The lowest BCUT2D eigenvalue weighted by atomic mass is 10.0. The molecule has 0 bridgehead atoms. The van der Waals surface area contributed by atoms with E-state index >= 15 is 0 Å². The number of hydrogen-bond acceptors (Lipinski definition) is 3. The Morgan fingerprint density at radius 1 is 0.577 bits per heavy atom. The van der Waals surface area contributed by atoms with Gasteiger partial charge in [-0.2, -0.15) is 0 Å². The van der Waals surface area contributed by atoms with Crippen molar-refractivity contribution >= 4 is 59.4 Å². The molecule has 0 saturated carbocycles. The van der Waals surface area contributed by atoms with Crippen molar-refractivity contribution in [1.82, 2.24) is 0 Å². The molecule has 0 amide bonds. The minimum atomic E-state index is -0.565. The fourth-order valence-electron chi connectivity index (χ4n) is 2.26. The summed E-state index contributed by atoms with van der Waals surface area (Å²) in [5, 5.41) is 0. The SMILES string of the molecule is O=C(C(=O)c1cc(Br)cc(Br)c1)c1ccc(Oc2ccc(Br)cc2)cc1. The summed E-state index contributed by atoms with van der Waals surface area (Å²) in [6.07, 6.45) is 0. The summed E-state index contributed by atoms with van der Waals surface area (Å²) in [6, 6.07) is 19.0. The van der Waals surface area contributed by atoms with Crippen molar-refractivity contribution in [3.05, 3.63) is 91.3 Å². The predicted octanol–water partition coefficient (Wildman–Crippen LogP) is 6.83. The Hall–Kier alpha value is -1.76. The van der Waals surface area contributed by atoms with Crippen LogP contribution in [-0.4, -0.2) is 11.6 Å². The zero-order valence-corrected chi connectivity index (χ0v) is 18.0. The van der Waals surface area contributed by atoms with Crippen LogP contribution in [0.1, 0.15) is 20.7 Å². The highest BCUT2D eigenvalue weighted by Gasteiger charge is 2.19. The minimum absolute atomic E-state index is 0.314. The Morgan fingerprint density at radius 2 is 1.04 bits per heavy atom. The number of benzene rings is 3. The summed E-state index contributed by atoms with van der Waals surface area (Å²) < 4.78 is 8.12. The van der Waals surface area contributed by atoms with E-state index in [1.165, 1.54) is 0 Å². The van der Waals surface area contributed by atoms with E-state index in [2.05, 4.69) is 47.8 Å². The molecule has 0 aliphatic carbocycles. The summed E-state index contributed by atoms with van der Waals surface area (Å²) in [6.45, 7) is 0. The van der Waals surface area contributed by atoms with Gasteiger partial charge in [0.1, 0.15) is 11.5 Å². The molecule has 3 nitrogen and oxygen atoms in total. The van der Waals surface area contributed by atoms with Gasteiger partial charge in [0, 0.05) is 24.5 Å². The summed E-state index contributed by atoms with van der Waals surface area (Å²) >= 11 is 10.0. The molecule has 0 N–H and O–H groups in total. The number of carbonyl (C=O) groups is 2. The van der Waals surface area contributed by atoms with Gasteiger partial charge in [0.15, 0.2) is 0 Å². The highest BCUT2D eigenvalue weighted by molar-refractivity contribution is 9.11. The molecule has 3 rings (SSSR count). The highest BCUT2D eigenvalue weighted by atomic mass is 79.9. The maximum Gasteiger partial charge on any atom is 0.233 e. The second kappa shape index (κ2) is 8.29. The number of halogens is 3. The molecule has 0 atom stereocenters. The quantitative estimate of drug-likeness (QED) is 0.264. The first-order chi connectivity index (χ1) is 12.4. The van der Waals surface area contributed by atoms with Crippen molar-refractivity contribution in [2.75, 3.05) is 0 Å². The number of ether oxygens (including phenoxy) is 1. The standard InChI is InChI=1S/C20H11Br3O3/c21-14-3-7-18(8-4-14)26-17-5-1-12(2-6-17)19(24)20(25)13-9-15(22)11-16(23)10-13/h1-11H. The third-order valence-corrected chi connectivity index (χ3v) is 4.94. The van der Waals surface area contributed by atoms with E-state index in [0.717, 1.165) is 13.4 Å². The Bertz CT molecular complexity index is 944. The summed E-state index contributed by atoms with van der Waals surface area (Å²) in [5.74, 6) is 0.141. The molecule has 130 valence electrons. The molecule has 0 fully saturated rings. The molecule has 3 aromatic rings. The lowest BCUT2D eigenvalue weighted by Gasteiger charge is -2.07. The van der Waals surface area contributed by atoms with Gasteiger partial charge in [0.05, 0.1) is 0 Å². The van der Waals surface area contributed by atoms with Crippen molar-refractivity contribution in [2.24, 2.45) is 0 Å². The van der Waals surface area contributed by atoms with Crippen molar-refractivity contribution in [1.29, 1.82) is 0 Å². The molecule has 0 unspecified atom stereocenters. The molecule has 0 saturated heterocycles. The average Bonchev–Trinajstić information content (AvgIpc) is 2.62. The average molecular weight is 539 g/mol. The largest absolute Gasteiger partial charge is 0.457 e. The summed E-state index contributed by atoms with van der Waals surface area (Å²) in [7, 11) is 0. The predicted molar refractivity (Wildman–Crippen MR) is 111 cm³/mol. The molecule has 0 aliphatic heterocycles. The van der Waals surface area contributed by atoms with Gasteiger partial charge in [0.2, 0.25) is 11.6 Å². The van der Waals surface area contributed by atoms with Crippen LogP contribution in [0.2, 0.25) is 0 Å². The van der Waals surface area contributed by atoms with Crippen molar-refractivity contribution in [3.63, 3.8) is 0 Å². The Kier molecular flexibility index (Phi) is 6.06. The van der Waals surface area contributed by atoms with Gasteiger partial charge in [-0.05, 0) is 66.7 Å². The third kappa shape index (κ3) is 4.69. The second-order valence-electron chi connectivity index (χ2n) is 5.40. The third-order valence-electron chi connectivity index (χ3n) is 3.50. The molecule has 6 heteroatoms. The van der Waals surface area contributed by atoms with Crippen molar-refractivity contribution in [3.8, 4) is 11.5 Å². The highest BCUT2D eigenvalue weighted by Crippen LogP contribution is 2.25. The Balaban J connectivity index is 1.76. The van der Waals surface area contributed by atoms with Gasteiger partial charge in [-0.3, -0.25) is 9.59 Å². The molecule has 3 aromatic carbocycles. The maximum absolute atomic E-state index is 12.4. The van der Waals surface area contributed by atoms with Crippen LogP contribution in [-0.2, 0) is 0 Å². The lowest BCUT2D eigenvalue weighted by molar-refractivity contribution is 0.0817. The van der Waals surface area contributed by atoms with E-state index in [-0.39, 0.29) is 0 Å².